The van der Waals surface area contributed by atoms with Crippen LogP contribution in [0.4, 0.5) is 0 Å². The smallest absolute Gasteiger partial charge is 0.0895 e. The maximum atomic E-state index is 2.31. The average molecular weight is 96.1 g/mol. The van der Waals surface area contributed by atoms with Crippen LogP contribution >= 0.6 is 0 Å². The zero-order chi connectivity index (χ0) is 4.69. The van der Waals surface area contributed by atoms with Crippen molar-refractivity contribution in [2.45, 2.75) is 0 Å². The van der Waals surface area contributed by atoms with E-state index in [1.165, 1.54) is 13.1 Å². The first-order valence-electron chi connectivity index (χ1n) is 2.61. The van der Waals surface area contributed by atoms with E-state index in [-0.39, 0.29) is 0 Å². The molecule has 0 aromatic rings. The summed E-state index contributed by atoms with van der Waals surface area (Å²) < 4.78 is 0. The quantitative estimate of drug-likeness (QED) is 0.420. The molecule has 0 N–H and O–H groups in total. The predicted octanol–water partition coefficient (Wildman–Crippen LogP) is 0.0463. The zero-order valence-electron chi connectivity index (χ0n) is 4.17. The summed E-state index contributed by atoms with van der Waals surface area (Å²) >= 11 is 0. The lowest BCUT2D eigenvalue weighted by Gasteiger charge is -2.03. The molecule has 2 rings (SSSR count). The second kappa shape index (κ2) is 0.941. The maximum absolute atomic E-state index is 2.31. The Labute approximate surface area is 43.0 Å². The van der Waals surface area contributed by atoms with Crippen LogP contribution in [0, 0.1) is 0 Å². The van der Waals surface area contributed by atoms with E-state index in [0.717, 1.165) is 6.67 Å². The summed E-state index contributed by atoms with van der Waals surface area (Å²) in [6.07, 6.45) is 4.28. The molecule has 0 saturated carbocycles. The Morgan fingerprint density at radius 3 is 1.71 bits per heavy atom. The third kappa shape index (κ3) is 0.335. The highest BCUT2D eigenvalue weighted by atomic mass is 15.4. The molecule has 2 heteroatoms. The fourth-order valence-corrected chi connectivity index (χ4v) is 1.06. The maximum Gasteiger partial charge on any atom is 0.0895 e. The number of fused-ring (bicyclic) bond motifs is 2. The van der Waals surface area contributed by atoms with Gasteiger partial charge in [0.1, 0.15) is 0 Å². The number of hydrogen-bond donors (Lipinski definition) is 0. The SMILES string of the molecule is C1=CN2CCN1C2. The van der Waals surface area contributed by atoms with Gasteiger partial charge in [-0.15, -0.1) is 0 Å². The van der Waals surface area contributed by atoms with Crippen molar-refractivity contribution in [3.05, 3.63) is 12.4 Å². The molecule has 0 aromatic carbocycles. The van der Waals surface area contributed by atoms with Crippen LogP contribution in [-0.2, 0) is 0 Å². The highest BCUT2D eigenvalue weighted by Gasteiger charge is 2.18. The molecule has 1 fully saturated rings. The van der Waals surface area contributed by atoms with E-state index < -0.39 is 0 Å². The second-order valence-corrected chi connectivity index (χ2v) is 2.06. The van der Waals surface area contributed by atoms with Crippen molar-refractivity contribution in [2.75, 3.05) is 19.8 Å². The summed E-state index contributed by atoms with van der Waals surface area (Å²) in [7, 11) is 0. The van der Waals surface area contributed by atoms with Gasteiger partial charge in [-0.1, -0.05) is 0 Å². The standard InChI is InChI=1S/C5H8N2/c1-2-7-4-3-6(1)5-7/h1-2H,3-5H2. The van der Waals surface area contributed by atoms with Gasteiger partial charge in [0.15, 0.2) is 0 Å². The molecule has 0 aromatic heterocycles. The number of nitrogens with zero attached hydrogens (tertiary/aromatic N) is 2. The van der Waals surface area contributed by atoms with Gasteiger partial charge < -0.3 is 9.80 Å². The fraction of sp³-hybridized carbons (Fsp3) is 0.600. The molecule has 0 spiro atoms. The molecule has 2 nitrogen and oxygen atoms in total. The first-order valence-corrected chi connectivity index (χ1v) is 2.61. The summed E-state index contributed by atoms with van der Waals surface area (Å²) in [5.74, 6) is 0. The van der Waals surface area contributed by atoms with E-state index in [0.29, 0.717) is 0 Å². The summed E-state index contributed by atoms with van der Waals surface area (Å²) in [5, 5.41) is 0. The Balaban J connectivity index is 2.27. The molecule has 2 heterocycles. The minimum atomic E-state index is 1.14. The molecule has 2 bridgehead atoms. The van der Waals surface area contributed by atoms with Crippen LogP contribution in [-0.4, -0.2) is 29.6 Å². The molecular weight excluding hydrogens is 88.1 g/mol. The molecule has 0 atom stereocenters. The minimum absolute atomic E-state index is 1.14. The van der Waals surface area contributed by atoms with Gasteiger partial charge >= 0.3 is 0 Å². The van der Waals surface area contributed by atoms with Crippen molar-refractivity contribution in [3.8, 4) is 0 Å². The van der Waals surface area contributed by atoms with Crippen LogP contribution in [0.25, 0.3) is 0 Å². The normalized spacial score (nSPS) is 25.1. The Morgan fingerprint density at radius 2 is 1.57 bits per heavy atom. The average Bonchev–Trinajstić information content (AvgIpc) is 2.22. The predicted molar refractivity (Wildman–Crippen MR) is 27.4 cm³/mol. The fourth-order valence-electron chi connectivity index (χ4n) is 1.06. The zero-order valence-corrected chi connectivity index (χ0v) is 4.17. The van der Waals surface area contributed by atoms with Crippen molar-refractivity contribution in [1.29, 1.82) is 0 Å². The lowest BCUT2D eigenvalue weighted by Crippen LogP contribution is -2.09. The van der Waals surface area contributed by atoms with Crippen LogP contribution in [0.3, 0.4) is 0 Å². The van der Waals surface area contributed by atoms with Gasteiger partial charge in [0.2, 0.25) is 0 Å². The van der Waals surface area contributed by atoms with Gasteiger partial charge in [0, 0.05) is 25.5 Å². The Morgan fingerprint density at radius 1 is 1.00 bits per heavy atom. The van der Waals surface area contributed by atoms with E-state index in [4.69, 9.17) is 0 Å². The molecule has 2 aliphatic heterocycles. The van der Waals surface area contributed by atoms with Gasteiger partial charge in [-0.25, -0.2) is 0 Å². The van der Waals surface area contributed by atoms with Crippen molar-refractivity contribution in [1.82, 2.24) is 9.80 Å². The molecule has 0 aliphatic carbocycles. The first-order chi connectivity index (χ1) is 3.45. The summed E-state index contributed by atoms with van der Waals surface area (Å²) in [6.45, 7) is 3.60. The van der Waals surface area contributed by atoms with Crippen molar-refractivity contribution in [3.63, 3.8) is 0 Å². The highest BCUT2D eigenvalue weighted by Crippen LogP contribution is 2.11. The Hall–Kier alpha value is -0.660. The largest absolute Gasteiger partial charge is 0.357 e. The Kier molecular flexibility index (Phi) is 0.451. The monoisotopic (exact) mass is 96.1 g/mol. The summed E-state index contributed by atoms with van der Waals surface area (Å²) in [4.78, 5) is 4.61. The Bertz CT molecular complexity index is 96.6. The van der Waals surface area contributed by atoms with Crippen LogP contribution in [0.5, 0.6) is 0 Å². The topological polar surface area (TPSA) is 6.48 Å². The molecule has 1 saturated heterocycles. The minimum Gasteiger partial charge on any atom is -0.357 e. The van der Waals surface area contributed by atoms with Crippen molar-refractivity contribution >= 4 is 0 Å². The second-order valence-electron chi connectivity index (χ2n) is 2.06. The molecule has 38 valence electrons. The summed E-state index contributed by atoms with van der Waals surface area (Å²) in [5.41, 5.74) is 0. The molecular formula is C5H8N2. The van der Waals surface area contributed by atoms with Crippen LogP contribution < -0.4 is 0 Å². The van der Waals surface area contributed by atoms with E-state index in [9.17, 15) is 0 Å². The van der Waals surface area contributed by atoms with Gasteiger partial charge in [-0.3, -0.25) is 0 Å². The lowest BCUT2D eigenvalue weighted by molar-refractivity contribution is 0.420. The van der Waals surface area contributed by atoms with E-state index in [2.05, 4.69) is 22.2 Å². The lowest BCUT2D eigenvalue weighted by atomic mass is 10.5. The van der Waals surface area contributed by atoms with Gasteiger partial charge in [-0.05, 0) is 0 Å². The van der Waals surface area contributed by atoms with Gasteiger partial charge in [-0.2, -0.15) is 0 Å². The third-order valence-corrected chi connectivity index (χ3v) is 1.53. The molecule has 0 radical (unpaired) electrons. The van der Waals surface area contributed by atoms with Crippen LogP contribution in [0.2, 0.25) is 0 Å². The van der Waals surface area contributed by atoms with Gasteiger partial charge in [0.25, 0.3) is 0 Å². The molecule has 2 aliphatic rings. The first kappa shape index (κ1) is 3.36. The van der Waals surface area contributed by atoms with E-state index in [1.807, 2.05) is 0 Å². The molecule has 0 unspecified atom stereocenters. The number of rotatable bonds is 0. The van der Waals surface area contributed by atoms with Crippen molar-refractivity contribution in [2.24, 2.45) is 0 Å². The van der Waals surface area contributed by atoms with Crippen LogP contribution in [0.1, 0.15) is 0 Å². The van der Waals surface area contributed by atoms with E-state index >= 15 is 0 Å². The number of hydrogen-bond acceptors (Lipinski definition) is 2. The van der Waals surface area contributed by atoms with Crippen molar-refractivity contribution < 1.29 is 0 Å². The molecule has 0 amide bonds. The third-order valence-electron chi connectivity index (χ3n) is 1.53. The van der Waals surface area contributed by atoms with Crippen LogP contribution in [0.15, 0.2) is 12.4 Å². The highest BCUT2D eigenvalue weighted by molar-refractivity contribution is 4.95. The van der Waals surface area contributed by atoms with E-state index in [1.54, 1.807) is 0 Å². The van der Waals surface area contributed by atoms with Gasteiger partial charge in [0.05, 0.1) is 6.67 Å². The molecule has 7 heavy (non-hydrogen) atoms. The summed E-state index contributed by atoms with van der Waals surface area (Å²) in [6, 6.07) is 0.